The summed E-state index contributed by atoms with van der Waals surface area (Å²) in [5.41, 5.74) is 0. The molecule has 1 N–H and O–H groups in total. The number of fused-ring (bicyclic) bond motifs is 1. The zero-order valence-electron chi connectivity index (χ0n) is 12.5. The van der Waals surface area contributed by atoms with E-state index >= 15 is 0 Å². The first-order valence-electron chi connectivity index (χ1n) is 7.95. The highest BCUT2D eigenvalue weighted by molar-refractivity contribution is 6.07. The van der Waals surface area contributed by atoms with Gasteiger partial charge in [0.15, 0.2) is 0 Å². The molecule has 0 spiro atoms. The molecule has 1 aliphatic carbocycles. The molecule has 0 aromatic carbocycles. The summed E-state index contributed by atoms with van der Waals surface area (Å²) in [6, 6.07) is 0.112. The Labute approximate surface area is 124 Å². The molecule has 2 heterocycles. The van der Waals surface area contributed by atoms with E-state index in [9.17, 15) is 14.4 Å². The van der Waals surface area contributed by atoms with Crippen molar-refractivity contribution in [3.05, 3.63) is 0 Å². The molecule has 0 bridgehead atoms. The maximum absolute atomic E-state index is 12.4. The molecule has 0 radical (unpaired) electrons. The number of nitrogens with zero attached hydrogens (tertiary/aromatic N) is 2. The summed E-state index contributed by atoms with van der Waals surface area (Å²) in [6.45, 7) is 4.08. The Balaban J connectivity index is 1.68. The molecule has 116 valence electrons. The number of amides is 3. The molecule has 21 heavy (non-hydrogen) atoms. The fourth-order valence-electron chi connectivity index (χ4n) is 3.82. The third kappa shape index (κ3) is 2.57. The molecule has 2 saturated heterocycles. The number of piperazine rings is 1. The second kappa shape index (κ2) is 5.75. The van der Waals surface area contributed by atoms with E-state index in [4.69, 9.17) is 0 Å². The minimum absolute atomic E-state index is 0.0744. The van der Waals surface area contributed by atoms with Gasteiger partial charge in [-0.15, -0.1) is 0 Å². The summed E-state index contributed by atoms with van der Waals surface area (Å²) in [4.78, 5) is 40.2. The van der Waals surface area contributed by atoms with Crippen LogP contribution in [0.1, 0.15) is 32.6 Å². The molecular formula is C15H23N3O3. The molecule has 6 heteroatoms. The number of nitrogens with one attached hydrogen (secondary N) is 1. The SMILES string of the molecule is C[C@@H]1CNCCN1C(=O)CN1C(=O)C2CCCCC2C1=O. The van der Waals surface area contributed by atoms with E-state index in [1.807, 2.05) is 6.92 Å². The Morgan fingerprint density at radius 1 is 1.19 bits per heavy atom. The highest BCUT2D eigenvalue weighted by Crippen LogP contribution is 2.37. The fraction of sp³-hybridized carbons (Fsp3) is 0.800. The lowest BCUT2D eigenvalue weighted by atomic mass is 9.81. The third-order valence-corrected chi connectivity index (χ3v) is 5.05. The van der Waals surface area contributed by atoms with E-state index in [0.717, 1.165) is 38.8 Å². The van der Waals surface area contributed by atoms with Crippen LogP contribution in [0.25, 0.3) is 0 Å². The van der Waals surface area contributed by atoms with Gasteiger partial charge in [0.1, 0.15) is 6.54 Å². The van der Waals surface area contributed by atoms with Gasteiger partial charge in [-0.25, -0.2) is 0 Å². The van der Waals surface area contributed by atoms with Crippen LogP contribution in [0.5, 0.6) is 0 Å². The molecule has 6 nitrogen and oxygen atoms in total. The van der Waals surface area contributed by atoms with Crippen LogP contribution in [0.3, 0.4) is 0 Å². The van der Waals surface area contributed by atoms with Gasteiger partial charge in [-0.1, -0.05) is 12.8 Å². The minimum atomic E-state index is -0.167. The molecule has 0 aromatic rings. The van der Waals surface area contributed by atoms with Crippen LogP contribution in [0.15, 0.2) is 0 Å². The van der Waals surface area contributed by atoms with Gasteiger partial charge in [-0.2, -0.15) is 0 Å². The van der Waals surface area contributed by atoms with Gasteiger partial charge in [0.05, 0.1) is 11.8 Å². The van der Waals surface area contributed by atoms with Crippen molar-refractivity contribution < 1.29 is 14.4 Å². The zero-order valence-corrected chi connectivity index (χ0v) is 12.5. The molecule has 2 aliphatic heterocycles. The van der Waals surface area contributed by atoms with Crippen LogP contribution in [0, 0.1) is 11.8 Å². The summed E-state index contributed by atoms with van der Waals surface area (Å²) in [6.07, 6.45) is 3.61. The van der Waals surface area contributed by atoms with Crippen molar-refractivity contribution in [2.24, 2.45) is 11.8 Å². The number of hydrogen-bond donors (Lipinski definition) is 1. The van der Waals surface area contributed by atoms with Crippen molar-refractivity contribution in [1.29, 1.82) is 0 Å². The quantitative estimate of drug-likeness (QED) is 0.727. The molecule has 3 amide bonds. The molecule has 3 rings (SSSR count). The van der Waals surface area contributed by atoms with Crippen LogP contribution in [-0.4, -0.2) is 59.7 Å². The molecule has 0 aromatic heterocycles. The molecule has 2 unspecified atom stereocenters. The number of imide groups is 1. The third-order valence-electron chi connectivity index (χ3n) is 5.05. The van der Waals surface area contributed by atoms with Crippen molar-refractivity contribution in [2.45, 2.75) is 38.6 Å². The van der Waals surface area contributed by atoms with Crippen LogP contribution < -0.4 is 5.32 Å². The first-order valence-corrected chi connectivity index (χ1v) is 7.95. The standard InChI is InChI=1S/C15H23N3O3/c1-10-8-16-6-7-17(10)13(19)9-18-14(20)11-4-2-3-5-12(11)15(18)21/h10-12,16H,2-9H2,1H3/t10-,11?,12?/m1/s1. The van der Waals surface area contributed by atoms with Crippen molar-refractivity contribution >= 4 is 17.7 Å². The number of likely N-dealkylation sites (tertiary alicyclic amines) is 1. The summed E-state index contributed by atoms with van der Waals surface area (Å²) >= 11 is 0. The van der Waals surface area contributed by atoms with Gasteiger partial charge in [0, 0.05) is 25.7 Å². The first-order chi connectivity index (χ1) is 10.1. The lowest BCUT2D eigenvalue weighted by Gasteiger charge is -2.34. The molecule has 3 fully saturated rings. The monoisotopic (exact) mass is 293 g/mol. The van der Waals surface area contributed by atoms with Gasteiger partial charge in [-0.3, -0.25) is 19.3 Å². The van der Waals surface area contributed by atoms with E-state index in [0.29, 0.717) is 6.54 Å². The normalized spacial score (nSPS) is 33.3. The number of carbonyl (C=O) groups is 3. The van der Waals surface area contributed by atoms with Crippen LogP contribution in [0.2, 0.25) is 0 Å². The van der Waals surface area contributed by atoms with E-state index in [2.05, 4.69) is 5.32 Å². The Bertz CT molecular complexity index is 441. The highest BCUT2D eigenvalue weighted by atomic mass is 16.2. The fourth-order valence-corrected chi connectivity index (χ4v) is 3.82. The number of hydrogen-bond acceptors (Lipinski definition) is 4. The van der Waals surface area contributed by atoms with Gasteiger partial charge in [-0.05, 0) is 19.8 Å². The predicted octanol–water partition coefficient (Wildman–Crippen LogP) is -0.0181. The minimum Gasteiger partial charge on any atom is -0.336 e. The molecule has 1 saturated carbocycles. The highest BCUT2D eigenvalue weighted by Gasteiger charge is 2.48. The second-order valence-electron chi connectivity index (χ2n) is 6.40. The Morgan fingerprint density at radius 2 is 1.81 bits per heavy atom. The first kappa shape index (κ1) is 14.5. The van der Waals surface area contributed by atoms with Crippen molar-refractivity contribution in [3.8, 4) is 0 Å². The van der Waals surface area contributed by atoms with Gasteiger partial charge in [0.25, 0.3) is 0 Å². The van der Waals surface area contributed by atoms with E-state index < -0.39 is 0 Å². The van der Waals surface area contributed by atoms with Crippen molar-refractivity contribution in [1.82, 2.24) is 15.1 Å². The molecule has 3 aliphatic rings. The summed E-state index contributed by atoms with van der Waals surface area (Å²) < 4.78 is 0. The summed E-state index contributed by atoms with van der Waals surface area (Å²) in [5, 5.41) is 3.23. The second-order valence-corrected chi connectivity index (χ2v) is 6.40. The summed E-state index contributed by atoms with van der Waals surface area (Å²) in [7, 11) is 0. The molecule has 3 atom stereocenters. The van der Waals surface area contributed by atoms with Crippen molar-refractivity contribution in [3.63, 3.8) is 0 Å². The van der Waals surface area contributed by atoms with E-state index in [1.54, 1.807) is 4.90 Å². The Morgan fingerprint density at radius 3 is 2.38 bits per heavy atom. The van der Waals surface area contributed by atoms with Crippen LogP contribution in [-0.2, 0) is 14.4 Å². The summed E-state index contributed by atoms with van der Waals surface area (Å²) in [5.74, 6) is -0.690. The van der Waals surface area contributed by atoms with E-state index in [-0.39, 0.29) is 42.1 Å². The smallest absolute Gasteiger partial charge is 0.243 e. The van der Waals surface area contributed by atoms with Crippen LogP contribution in [0.4, 0.5) is 0 Å². The molecular weight excluding hydrogens is 270 g/mol. The van der Waals surface area contributed by atoms with Crippen LogP contribution >= 0.6 is 0 Å². The van der Waals surface area contributed by atoms with Crippen molar-refractivity contribution in [2.75, 3.05) is 26.2 Å². The lowest BCUT2D eigenvalue weighted by molar-refractivity contribution is -0.147. The largest absolute Gasteiger partial charge is 0.336 e. The zero-order chi connectivity index (χ0) is 15.0. The van der Waals surface area contributed by atoms with Gasteiger partial charge < -0.3 is 10.2 Å². The average molecular weight is 293 g/mol. The lowest BCUT2D eigenvalue weighted by Crippen LogP contribution is -2.55. The average Bonchev–Trinajstić information content (AvgIpc) is 2.73. The Hall–Kier alpha value is -1.43. The predicted molar refractivity (Wildman–Crippen MR) is 76.2 cm³/mol. The topological polar surface area (TPSA) is 69.7 Å². The number of carbonyl (C=O) groups excluding carboxylic acids is 3. The Kier molecular flexibility index (Phi) is 3.97. The number of rotatable bonds is 2. The van der Waals surface area contributed by atoms with Gasteiger partial charge in [0.2, 0.25) is 17.7 Å². The maximum Gasteiger partial charge on any atom is 0.243 e. The van der Waals surface area contributed by atoms with E-state index in [1.165, 1.54) is 4.90 Å². The van der Waals surface area contributed by atoms with Gasteiger partial charge >= 0.3 is 0 Å². The maximum atomic E-state index is 12.4.